The first-order valence-corrected chi connectivity index (χ1v) is 10.2. The molecule has 0 bridgehead atoms. The van der Waals surface area contributed by atoms with Gasteiger partial charge < -0.3 is 25.4 Å². The Kier molecular flexibility index (Phi) is 5.99. The Morgan fingerprint density at radius 2 is 1.76 bits per heavy atom. The molecule has 1 aromatic heterocycles. The molecule has 0 aliphatic carbocycles. The maximum Gasteiger partial charge on any atom is 0.258 e. The lowest BCUT2D eigenvalue weighted by molar-refractivity contribution is -0.123. The lowest BCUT2D eigenvalue weighted by Gasteiger charge is -2.24. The van der Waals surface area contributed by atoms with Crippen LogP contribution < -0.4 is 31.0 Å². The summed E-state index contributed by atoms with van der Waals surface area (Å²) in [6.45, 7) is 1.84. The van der Waals surface area contributed by atoms with Crippen LogP contribution >= 0.6 is 0 Å². The average molecular weight is 449 g/mol. The zero-order valence-electron chi connectivity index (χ0n) is 18.3. The number of carbonyl (C=O) groups is 2. The molecule has 4 rings (SSSR count). The number of nitrogens with one attached hydrogen (secondary N) is 4. The van der Waals surface area contributed by atoms with E-state index in [1.807, 2.05) is 6.92 Å². The van der Waals surface area contributed by atoms with Crippen molar-refractivity contribution in [1.29, 1.82) is 0 Å². The first kappa shape index (κ1) is 21.9. The van der Waals surface area contributed by atoms with Crippen molar-refractivity contribution in [2.75, 3.05) is 30.2 Å². The minimum Gasteiger partial charge on any atom is -0.497 e. The van der Waals surface area contributed by atoms with E-state index in [0.717, 1.165) is 5.56 Å². The van der Waals surface area contributed by atoms with Crippen molar-refractivity contribution < 1.29 is 19.1 Å². The molecule has 10 nitrogen and oxygen atoms in total. The van der Waals surface area contributed by atoms with Crippen molar-refractivity contribution in [1.82, 2.24) is 9.97 Å². The van der Waals surface area contributed by atoms with E-state index in [0.29, 0.717) is 22.9 Å². The van der Waals surface area contributed by atoms with Crippen molar-refractivity contribution in [3.63, 3.8) is 0 Å². The van der Waals surface area contributed by atoms with Crippen LogP contribution in [-0.2, 0) is 9.59 Å². The predicted octanol–water partition coefficient (Wildman–Crippen LogP) is 2.90. The highest BCUT2D eigenvalue weighted by atomic mass is 16.5. The molecule has 0 spiro atoms. The molecule has 4 N–H and O–H groups in total. The van der Waals surface area contributed by atoms with Gasteiger partial charge in [-0.2, -0.15) is 4.98 Å². The van der Waals surface area contributed by atoms with E-state index in [1.165, 1.54) is 7.11 Å². The number of H-pyrrole nitrogens is 1. The van der Waals surface area contributed by atoms with Crippen molar-refractivity contribution in [2.45, 2.75) is 19.3 Å². The fourth-order valence-electron chi connectivity index (χ4n) is 3.55. The number of amides is 2. The number of anilines is 4. The van der Waals surface area contributed by atoms with Gasteiger partial charge in [-0.05, 0) is 42.8 Å². The minimum atomic E-state index is -0.995. The number of ether oxygens (including phenoxy) is 2. The molecular weight excluding hydrogens is 426 g/mol. The summed E-state index contributed by atoms with van der Waals surface area (Å²) in [7, 11) is 3.09. The number of benzene rings is 2. The highest BCUT2D eigenvalue weighted by Gasteiger charge is 2.35. The monoisotopic (exact) mass is 449 g/mol. The van der Waals surface area contributed by atoms with Crippen LogP contribution in [0.4, 0.5) is 23.1 Å². The number of methoxy groups -OCH3 is 2. The molecule has 1 aliphatic rings. The Bertz CT molecular complexity index is 1270. The number of nitrogens with zero attached hydrogens (tertiary/aromatic N) is 1. The summed E-state index contributed by atoms with van der Waals surface area (Å²) in [5.41, 5.74) is 1.60. The molecule has 2 heterocycles. The number of aromatic nitrogens is 2. The summed E-state index contributed by atoms with van der Waals surface area (Å²) in [5, 5.41) is 8.37. The fourth-order valence-corrected chi connectivity index (χ4v) is 3.55. The Morgan fingerprint density at radius 1 is 1.06 bits per heavy atom. The number of carbonyl (C=O) groups excluding carboxylic acids is 2. The third-order valence-electron chi connectivity index (χ3n) is 5.32. The van der Waals surface area contributed by atoms with Gasteiger partial charge in [0.2, 0.25) is 17.8 Å². The first-order chi connectivity index (χ1) is 15.9. The van der Waals surface area contributed by atoms with Gasteiger partial charge in [0.1, 0.15) is 17.3 Å². The normalized spacial score (nSPS) is 14.6. The summed E-state index contributed by atoms with van der Waals surface area (Å²) in [4.78, 5) is 45.3. The molecule has 3 aromatic rings. The van der Waals surface area contributed by atoms with Crippen molar-refractivity contribution in [2.24, 2.45) is 0 Å². The fraction of sp³-hybridized carbons (Fsp3) is 0.217. The predicted molar refractivity (Wildman–Crippen MR) is 123 cm³/mol. The number of fused-ring (bicyclic) bond motifs is 1. The lowest BCUT2D eigenvalue weighted by Crippen LogP contribution is -2.36. The summed E-state index contributed by atoms with van der Waals surface area (Å²) in [6, 6.07) is 12.3. The third kappa shape index (κ3) is 4.64. The molecule has 0 unspecified atom stereocenters. The maximum absolute atomic E-state index is 13.1. The highest BCUT2D eigenvalue weighted by Crippen LogP contribution is 2.31. The Labute approximate surface area is 189 Å². The molecule has 10 heteroatoms. The first-order valence-electron chi connectivity index (χ1n) is 10.2. The van der Waals surface area contributed by atoms with Gasteiger partial charge in [0.15, 0.2) is 0 Å². The molecule has 0 saturated carbocycles. The van der Waals surface area contributed by atoms with E-state index in [9.17, 15) is 14.4 Å². The Hall–Kier alpha value is -4.34. The van der Waals surface area contributed by atoms with Crippen LogP contribution in [-0.4, -0.2) is 36.0 Å². The second-order valence-electron chi connectivity index (χ2n) is 7.51. The molecule has 2 aromatic carbocycles. The standard InChI is InChI=1S/C23H23N5O5/c1-12-4-7-15(33-3)10-17(12)25-21(30)16-11-18(29)26-20-19(16)22(31)28-23(27-20)24-13-5-8-14(32-2)9-6-13/h4-10,16H,11H2,1-3H3,(H,25,30)(H3,24,26,27,28,29,31)/t16-/m0/s1. The molecule has 0 radical (unpaired) electrons. The van der Waals surface area contributed by atoms with Crippen molar-refractivity contribution in [3.05, 3.63) is 63.9 Å². The number of hydrogen-bond acceptors (Lipinski definition) is 7. The van der Waals surface area contributed by atoms with E-state index in [2.05, 4.69) is 25.9 Å². The second-order valence-corrected chi connectivity index (χ2v) is 7.51. The smallest absolute Gasteiger partial charge is 0.258 e. The topological polar surface area (TPSA) is 134 Å². The molecule has 33 heavy (non-hydrogen) atoms. The lowest BCUT2D eigenvalue weighted by atomic mass is 9.92. The van der Waals surface area contributed by atoms with E-state index in [4.69, 9.17) is 9.47 Å². The molecule has 0 fully saturated rings. The maximum atomic E-state index is 13.1. The summed E-state index contributed by atoms with van der Waals surface area (Å²) in [5.74, 6) is -0.441. The number of aryl methyl sites for hydroxylation is 1. The Balaban J connectivity index is 1.62. The second kappa shape index (κ2) is 9.03. The molecule has 1 aliphatic heterocycles. The van der Waals surface area contributed by atoms with Crippen LogP contribution in [0.2, 0.25) is 0 Å². The third-order valence-corrected chi connectivity index (χ3v) is 5.32. The number of hydrogen-bond donors (Lipinski definition) is 4. The van der Waals surface area contributed by atoms with Gasteiger partial charge >= 0.3 is 0 Å². The van der Waals surface area contributed by atoms with Crippen LogP contribution in [0, 0.1) is 6.92 Å². The minimum absolute atomic E-state index is 0.0496. The SMILES string of the molecule is COc1ccc(Nc2nc3c(c(=O)[nH]2)[C@@H](C(=O)Nc2cc(OC)ccc2C)CC(=O)N3)cc1. The van der Waals surface area contributed by atoms with Gasteiger partial charge in [-0.3, -0.25) is 19.4 Å². The van der Waals surface area contributed by atoms with Crippen LogP contribution in [0.15, 0.2) is 47.3 Å². The molecular formula is C23H23N5O5. The zero-order chi connectivity index (χ0) is 23.5. The molecule has 0 saturated heterocycles. The summed E-state index contributed by atoms with van der Waals surface area (Å²) >= 11 is 0. The number of aromatic amines is 1. The van der Waals surface area contributed by atoms with Gasteiger partial charge in [0.25, 0.3) is 5.56 Å². The van der Waals surface area contributed by atoms with Crippen LogP contribution in [0.25, 0.3) is 0 Å². The quantitative estimate of drug-likeness (QED) is 0.454. The highest BCUT2D eigenvalue weighted by molar-refractivity contribution is 6.04. The summed E-state index contributed by atoms with van der Waals surface area (Å²) in [6.07, 6.45) is -0.169. The van der Waals surface area contributed by atoms with Gasteiger partial charge in [-0.15, -0.1) is 0 Å². The number of rotatable bonds is 6. The molecule has 2 amide bonds. The zero-order valence-corrected chi connectivity index (χ0v) is 18.3. The van der Waals surface area contributed by atoms with Gasteiger partial charge in [0, 0.05) is 23.9 Å². The van der Waals surface area contributed by atoms with Crippen LogP contribution in [0.5, 0.6) is 11.5 Å². The van der Waals surface area contributed by atoms with E-state index in [1.54, 1.807) is 49.6 Å². The molecule has 1 atom stereocenters. The van der Waals surface area contributed by atoms with Crippen LogP contribution in [0.1, 0.15) is 23.5 Å². The Morgan fingerprint density at radius 3 is 2.45 bits per heavy atom. The van der Waals surface area contributed by atoms with E-state index >= 15 is 0 Å². The van der Waals surface area contributed by atoms with Crippen molar-refractivity contribution in [3.8, 4) is 11.5 Å². The summed E-state index contributed by atoms with van der Waals surface area (Å²) < 4.78 is 10.3. The largest absolute Gasteiger partial charge is 0.497 e. The average Bonchev–Trinajstić information content (AvgIpc) is 2.80. The van der Waals surface area contributed by atoms with Crippen LogP contribution in [0.3, 0.4) is 0 Å². The van der Waals surface area contributed by atoms with E-state index < -0.39 is 23.3 Å². The van der Waals surface area contributed by atoms with Gasteiger partial charge in [-0.25, -0.2) is 0 Å². The van der Waals surface area contributed by atoms with Gasteiger partial charge in [-0.1, -0.05) is 6.07 Å². The van der Waals surface area contributed by atoms with Gasteiger partial charge in [0.05, 0.1) is 25.7 Å². The molecule has 170 valence electrons. The van der Waals surface area contributed by atoms with Crippen molar-refractivity contribution >= 4 is 35.0 Å². The van der Waals surface area contributed by atoms with E-state index in [-0.39, 0.29) is 23.8 Å².